The summed E-state index contributed by atoms with van der Waals surface area (Å²) < 4.78 is 3.13. The highest BCUT2D eigenvalue weighted by Crippen LogP contribution is 2.30. The number of nitrogens with zero attached hydrogens (tertiary/aromatic N) is 2. The number of aromatic nitrogens is 2. The highest BCUT2D eigenvalue weighted by Gasteiger charge is 2.22. The predicted molar refractivity (Wildman–Crippen MR) is 87.0 cm³/mol. The molecule has 0 aliphatic carbocycles. The largest absolute Gasteiger partial charge is 0.305 e. The SMILES string of the molecule is CCNC(c1ccc(C)cc1)c1c(Br)cnn1C(C)C. The Morgan fingerprint density at radius 3 is 2.45 bits per heavy atom. The first-order valence-corrected chi connectivity index (χ1v) is 7.86. The van der Waals surface area contributed by atoms with E-state index in [0.29, 0.717) is 6.04 Å². The summed E-state index contributed by atoms with van der Waals surface area (Å²) >= 11 is 3.64. The van der Waals surface area contributed by atoms with Crippen molar-refractivity contribution in [2.24, 2.45) is 0 Å². The topological polar surface area (TPSA) is 29.9 Å². The van der Waals surface area contributed by atoms with E-state index < -0.39 is 0 Å². The van der Waals surface area contributed by atoms with Crippen molar-refractivity contribution in [2.75, 3.05) is 6.54 Å². The van der Waals surface area contributed by atoms with Crippen molar-refractivity contribution in [3.8, 4) is 0 Å². The molecule has 4 heteroatoms. The van der Waals surface area contributed by atoms with Gasteiger partial charge < -0.3 is 5.32 Å². The predicted octanol–water partition coefficient (Wildman–Crippen LogP) is 4.23. The second-order valence-electron chi connectivity index (χ2n) is 5.32. The van der Waals surface area contributed by atoms with E-state index in [1.54, 1.807) is 0 Å². The minimum absolute atomic E-state index is 0.153. The Morgan fingerprint density at radius 1 is 1.25 bits per heavy atom. The molecule has 1 atom stereocenters. The average molecular weight is 336 g/mol. The first kappa shape index (κ1) is 15.3. The van der Waals surface area contributed by atoms with Crippen molar-refractivity contribution in [3.05, 3.63) is 51.8 Å². The van der Waals surface area contributed by atoms with E-state index in [0.717, 1.165) is 11.0 Å². The molecule has 2 rings (SSSR count). The standard InChI is InChI=1S/C16H22BrN3/c1-5-18-15(13-8-6-12(4)7-9-13)16-14(17)10-19-20(16)11(2)3/h6-11,15,18H,5H2,1-4H3. The van der Waals surface area contributed by atoms with Crippen LogP contribution in [0.5, 0.6) is 0 Å². The fourth-order valence-corrected chi connectivity index (χ4v) is 2.87. The van der Waals surface area contributed by atoms with E-state index in [1.165, 1.54) is 16.8 Å². The fraction of sp³-hybridized carbons (Fsp3) is 0.438. The maximum atomic E-state index is 4.49. The van der Waals surface area contributed by atoms with Crippen LogP contribution in [0.3, 0.4) is 0 Å². The first-order valence-electron chi connectivity index (χ1n) is 7.07. The molecule has 20 heavy (non-hydrogen) atoms. The van der Waals surface area contributed by atoms with Crippen molar-refractivity contribution in [1.82, 2.24) is 15.1 Å². The summed E-state index contributed by atoms with van der Waals surface area (Å²) in [6.07, 6.45) is 1.88. The van der Waals surface area contributed by atoms with Gasteiger partial charge in [-0.05, 0) is 48.8 Å². The molecule has 0 aliphatic rings. The summed E-state index contributed by atoms with van der Waals surface area (Å²) in [6.45, 7) is 9.46. The van der Waals surface area contributed by atoms with Crippen molar-refractivity contribution in [3.63, 3.8) is 0 Å². The molecular weight excluding hydrogens is 314 g/mol. The Balaban J connectivity index is 2.48. The van der Waals surface area contributed by atoms with E-state index in [9.17, 15) is 0 Å². The van der Waals surface area contributed by atoms with E-state index in [2.05, 4.69) is 83.0 Å². The zero-order valence-corrected chi connectivity index (χ0v) is 14.1. The van der Waals surface area contributed by atoms with Crippen LogP contribution in [-0.4, -0.2) is 16.3 Å². The molecule has 0 saturated carbocycles. The van der Waals surface area contributed by atoms with Crippen LogP contribution >= 0.6 is 15.9 Å². The molecule has 0 aliphatic heterocycles. The van der Waals surface area contributed by atoms with Gasteiger partial charge >= 0.3 is 0 Å². The lowest BCUT2D eigenvalue weighted by Crippen LogP contribution is -2.26. The molecule has 0 radical (unpaired) electrons. The lowest BCUT2D eigenvalue weighted by atomic mass is 10.0. The number of benzene rings is 1. The zero-order chi connectivity index (χ0) is 14.7. The molecule has 1 N–H and O–H groups in total. The molecule has 1 aromatic heterocycles. The molecule has 2 aromatic rings. The van der Waals surface area contributed by atoms with Gasteiger partial charge in [-0.3, -0.25) is 4.68 Å². The maximum absolute atomic E-state index is 4.49. The second-order valence-corrected chi connectivity index (χ2v) is 6.17. The van der Waals surface area contributed by atoms with Crippen LogP contribution in [0, 0.1) is 6.92 Å². The minimum Gasteiger partial charge on any atom is -0.305 e. The third kappa shape index (κ3) is 3.13. The summed E-state index contributed by atoms with van der Waals surface area (Å²) in [4.78, 5) is 0. The van der Waals surface area contributed by atoms with E-state index in [1.807, 2.05) is 6.20 Å². The van der Waals surface area contributed by atoms with Crippen LogP contribution in [0.4, 0.5) is 0 Å². The third-order valence-corrected chi connectivity index (χ3v) is 3.98. The van der Waals surface area contributed by atoms with Crippen molar-refractivity contribution >= 4 is 15.9 Å². The highest BCUT2D eigenvalue weighted by molar-refractivity contribution is 9.10. The van der Waals surface area contributed by atoms with Gasteiger partial charge in [-0.15, -0.1) is 0 Å². The second kappa shape index (κ2) is 6.55. The molecule has 0 spiro atoms. The Morgan fingerprint density at radius 2 is 1.90 bits per heavy atom. The molecule has 108 valence electrons. The molecular formula is C16H22BrN3. The van der Waals surface area contributed by atoms with Gasteiger partial charge in [0.15, 0.2) is 0 Å². The number of hydrogen-bond donors (Lipinski definition) is 1. The van der Waals surface area contributed by atoms with Gasteiger partial charge in [-0.2, -0.15) is 5.10 Å². The monoisotopic (exact) mass is 335 g/mol. The summed E-state index contributed by atoms with van der Waals surface area (Å²) in [7, 11) is 0. The van der Waals surface area contributed by atoms with Crippen molar-refractivity contribution in [2.45, 2.75) is 39.8 Å². The van der Waals surface area contributed by atoms with Crippen LogP contribution in [0.2, 0.25) is 0 Å². The molecule has 0 bridgehead atoms. The van der Waals surface area contributed by atoms with Crippen LogP contribution in [-0.2, 0) is 0 Å². The van der Waals surface area contributed by atoms with Crippen molar-refractivity contribution in [1.29, 1.82) is 0 Å². The number of nitrogens with one attached hydrogen (secondary N) is 1. The zero-order valence-electron chi connectivity index (χ0n) is 12.5. The normalized spacial score (nSPS) is 12.9. The molecule has 1 heterocycles. The molecule has 1 unspecified atom stereocenters. The Hall–Kier alpha value is -1.13. The maximum Gasteiger partial charge on any atom is 0.0759 e. The van der Waals surface area contributed by atoms with Crippen molar-refractivity contribution < 1.29 is 0 Å². The molecule has 3 nitrogen and oxygen atoms in total. The van der Waals surface area contributed by atoms with Gasteiger partial charge in [0.1, 0.15) is 0 Å². The van der Waals surface area contributed by atoms with E-state index in [4.69, 9.17) is 0 Å². The van der Waals surface area contributed by atoms with Gasteiger partial charge in [0.05, 0.1) is 22.4 Å². The minimum atomic E-state index is 0.153. The average Bonchev–Trinajstić information content (AvgIpc) is 2.79. The number of hydrogen-bond acceptors (Lipinski definition) is 2. The Kier molecular flexibility index (Phi) is 5.00. The van der Waals surface area contributed by atoms with Crippen LogP contribution in [0.1, 0.15) is 49.7 Å². The van der Waals surface area contributed by atoms with Gasteiger partial charge in [-0.1, -0.05) is 36.8 Å². The fourth-order valence-electron chi connectivity index (χ4n) is 2.37. The highest BCUT2D eigenvalue weighted by atomic mass is 79.9. The third-order valence-electron chi connectivity index (χ3n) is 3.37. The van der Waals surface area contributed by atoms with Gasteiger partial charge in [-0.25, -0.2) is 0 Å². The van der Waals surface area contributed by atoms with Gasteiger partial charge in [0.25, 0.3) is 0 Å². The van der Waals surface area contributed by atoms with Crippen LogP contribution < -0.4 is 5.32 Å². The van der Waals surface area contributed by atoms with E-state index in [-0.39, 0.29) is 6.04 Å². The molecule has 0 amide bonds. The summed E-state index contributed by atoms with van der Waals surface area (Å²) in [5.41, 5.74) is 3.73. The Labute approximate surface area is 129 Å². The Bertz CT molecular complexity index is 558. The summed E-state index contributed by atoms with van der Waals surface area (Å²) in [6, 6.07) is 9.18. The summed E-state index contributed by atoms with van der Waals surface area (Å²) in [5, 5.41) is 8.06. The van der Waals surface area contributed by atoms with E-state index >= 15 is 0 Å². The summed E-state index contributed by atoms with van der Waals surface area (Å²) in [5.74, 6) is 0. The molecule has 0 fully saturated rings. The van der Waals surface area contributed by atoms with Crippen LogP contribution in [0.25, 0.3) is 0 Å². The lowest BCUT2D eigenvalue weighted by Gasteiger charge is -2.22. The quantitative estimate of drug-likeness (QED) is 0.885. The molecule has 0 saturated heterocycles. The molecule has 1 aromatic carbocycles. The van der Waals surface area contributed by atoms with Gasteiger partial charge in [0.2, 0.25) is 0 Å². The van der Waals surface area contributed by atoms with Gasteiger partial charge in [0, 0.05) is 6.04 Å². The lowest BCUT2D eigenvalue weighted by molar-refractivity contribution is 0.475. The van der Waals surface area contributed by atoms with Crippen LogP contribution in [0.15, 0.2) is 34.9 Å². The first-order chi connectivity index (χ1) is 9.54. The number of halogens is 1. The number of rotatable bonds is 5. The number of aryl methyl sites for hydroxylation is 1. The smallest absolute Gasteiger partial charge is 0.0759 e.